The quantitative estimate of drug-likeness (QED) is 0.820. The summed E-state index contributed by atoms with van der Waals surface area (Å²) in [6.45, 7) is 7.81. The zero-order valence-electron chi connectivity index (χ0n) is 13.9. The Kier molecular flexibility index (Phi) is 4.76. The lowest BCUT2D eigenvalue weighted by Crippen LogP contribution is -2.71. The molecule has 22 heavy (non-hydrogen) atoms. The van der Waals surface area contributed by atoms with Gasteiger partial charge in [-0.05, 0) is 32.6 Å². The molecule has 2 aliphatic heterocycles. The van der Waals surface area contributed by atoms with Gasteiger partial charge >= 0.3 is 0 Å². The van der Waals surface area contributed by atoms with Crippen LogP contribution in [0.1, 0.15) is 45.4 Å². The Morgan fingerprint density at radius 3 is 2.59 bits per heavy atom. The Hall–Kier alpha value is -0.650. The summed E-state index contributed by atoms with van der Waals surface area (Å²) in [5.41, 5.74) is 5.42. The fourth-order valence-corrected chi connectivity index (χ4v) is 5.30. The largest absolute Gasteiger partial charge is 0.381 e. The van der Waals surface area contributed by atoms with Gasteiger partial charge in [-0.15, -0.1) is 0 Å². The first-order valence-corrected chi connectivity index (χ1v) is 8.95. The number of carbonyl (C=O) groups is 1. The van der Waals surface area contributed by atoms with Crippen molar-refractivity contribution in [2.45, 2.75) is 51.0 Å². The predicted octanol–water partition coefficient (Wildman–Crippen LogP) is 1.12. The van der Waals surface area contributed by atoms with Crippen LogP contribution in [0.5, 0.6) is 0 Å². The first-order valence-electron chi connectivity index (χ1n) is 8.95. The van der Waals surface area contributed by atoms with Gasteiger partial charge in [-0.2, -0.15) is 0 Å². The number of hydrogen-bond acceptors (Lipinski definition) is 4. The second-order valence-corrected chi connectivity index (χ2v) is 7.48. The molecule has 0 aromatic rings. The van der Waals surface area contributed by atoms with Crippen molar-refractivity contribution >= 4 is 5.91 Å². The van der Waals surface area contributed by atoms with E-state index in [2.05, 4.69) is 17.1 Å². The Bertz CT molecular complexity index is 385. The van der Waals surface area contributed by atoms with E-state index in [9.17, 15) is 4.79 Å². The zero-order chi connectivity index (χ0) is 15.6. The van der Waals surface area contributed by atoms with Crippen molar-refractivity contribution in [2.24, 2.45) is 17.1 Å². The van der Waals surface area contributed by atoms with Gasteiger partial charge in [-0.3, -0.25) is 9.69 Å². The van der Waals surface area contributed by atoms with Gasteiger partial charge in [-0.25, -0.2) is 0 Å². The molecule has 0 spiro atoms. The van der Waals surface area contributed by atoms with Crippen molar-refractivity contribution in [3.63, 3.8) is 0 Å². The lowest BCUT2D eigenvalue weighted by atomic mass is 9.54. The van der Waals surface area contributed by atoms with Crippen molar-refractivity contribution in [3.8, 4) is 0 Å². The fourth-order valence-electron chi connectivity index (χ4n) is 5.30. The molecule has 3 fully saturated rings. The third-order valence-corrected chi connectivity index (χ3v) is 6.50. The molecule has 5 heteroatoms. The Morgan fingerprint density at radius 2 is 1.95 bits per heavy atom. The molecule has 0 radical (unpaired) electrons. The highest BCUT2D eigenvalue weighted by Crippen LogP contribution is 2.53. The van der Waals surface area contributed by atoms with E-state index < -0.39 is 5.41 Å². The molecule has 3 atom stereocenters. The van der Waals surface area contributed by atoms with E-state index >= 15 is 0 Å². The number of nitrogens with zero attached hydrogens (tertiary/aromatic N) is 1. The molecule has 3 unspecified atom stereocenters. The average molecular weight is 309 g/mol. The molecule has 0 bridgehead atoms. The summed E-state index contributed by atoms with van der Waals surface area (Å²) in [6, 6.07) is 0. The van der Waals surface area contributed by atoms with Crippen LogP contribution in [0.3, 0.4) is 0 Å². The summed E-state index contributed by atoms with van der Waals surface area (Å²) in [5.74, 6) is 0.313. The van der Waals surface area contributed by atoms with Crippen LogP contribution in [0.4, 0.5) is 0 Å². The highest BCUT2D eigenvalue weighted by atomic mass is 16.5. The third kappa shape index (κ3) is 2.47. The summed E-state index contributed by atoms with van der Waals surface area (Å²) < 4.78 is 5.83. The minimum Gasteiger partial charge on any atom is -0.381 e. The van der Waals surface area contributed by atoms with E-state index in [1.54, 1.807) is 0 Å². The van der Waals surface area contributed by atoms with Crippen LogP contribution in [0.2, 0.25) is 0 Å². The molecule has 0 aromatic heterocycles. The van der Waals surface area contributed by atoms with E-state index in [-0.39, 0.29) is 11.4 Å². The first kappa shape index (κ1) is 16.2. The molecular weight excluding hydrogens is 278 g/mol. The topological polar surface area (TPSA) is 67.6 Å². The van der Waals surface area contributed by atoms with Crippen molar-refractivity contribution in [1.82, 2.24) is 10.2 Å². The molecule has 3 aliphatic rings. The molecule has 1 amide bonds. The van der Waals surface area contributed by atoms with Gasteiger partial charge in [0.2, 0.25) is 5.91 Å². The van der Waals surface area contributed by atoms with E-state index in [0.717, 1.165) is 71.5 Å². The number of hydrogen-bond donors (Lipinski definition) is 2. The lowest BCUT2D eigenvalue weighted by molar-refractivity contribution is -0.161. The van der Waals surface area contributed by atoms with E-state index in [1.165, 1.54) is 6.42 Å². The number of nitrogens with one attached hydrogen (secondary N) is 1. The molecular formula is C17H31N3O2. The van der Waals surface area contributed by atoms with Gasteiger partial charge in [0.1, 0.15) is 0 Å². The van der Waals surface area contributed by atoms with E-state index in [1.807, 2.05) is 0 Å². The van der Waals surface area contributed by atoms with Crippen molar-refractivity contribution in [2.75, 3.05) is 39.4 Å². The molecule has 1 saturated carbocycles. The molecule has 0 aromatic carbocycles. The first-order chi connectivity index (χ1) is 10.6. The van der Waals surface area contributed by atoms with Crippen LogP contribution in [0.25, 0.3) is 0 Å². The van der Waals surface area contributed by atoms with Gasteiger partial charge in [-0.1, -0.05) is 12.8 Å². The highest BCUT2D eigenvalue weighted by Gasteiger charge is 2.60. The summed E-state index contributed by atoms with van der Waals surface area (Å²) in [4.78, 5) is 15.1. The van der Waals surface area contributed by atoms with Gasteiger partial charge in [0.05, 0.1) is 12.0 Å². The summed E-state index contributed by atoms with van der Waals surface area (Å²) in [5, 5.41) is 3.44. The molecule has 3 N–H and O–H groups in total. The average Bonchev–Trinajstić information content (AvgIpc) is 2.57. The smallest absolute Gasteiger partial charge is 0.225 e. The van der Waals surface area contributed by atoms with Gasteiger partial charge in [0, 0.05) is 44.2 Å². The Balaban J connectivity index is 2.01. The fraction of sp³-hybridized carbons (Fsp3) is 0.941. The number of primary amides is 1. The SMILES string of the molecule is CC1(C(N)=O)CCCCC1(C1CCCOC1)N1CCNCC1. The maximum absolute atomic E-state index is 12.5. The molecule has 2 heterocycles. The van der Waals surface area contributed by atoms with E-state index in [0.29, 0.717) is 5.92 Å². The van der Waals surface area contributed by atoms with Crippen LogP contribution >= 0.6 is 0 Å². The Labute approximate surface area is 133 Å². The minimum atomic E-state index is -0.437. The standard InChI is InChI=1S/C17H31N3O2/c1-16(15(18)21)6-2-3-7-17(16,14-5-4-12-22-13-14)20-10-8-19-9-11-20/h14,19H,2-13H2,1H3,(H2,18,21). The second-order valence-electron chi connectivity index (χ2n) is 7.48. The summed E-state index contributed by atoms with van der Waals surface area (Å²) >= 11 is 0. The molecule has 3 rings (SSSR count). The van der Waals surface area contributed by atoms with Gasteiger partial charge in [0.15, 0.2) is 0 Å². The van der Waals surface area contributed by atoms with Gasteiger partial charge in [0.25, 0.3) is 0 Å². The van der Waals surface area contributed by atoms with Crippen LogP contribution in [0, 0.1) is 11.3 Å². The van der Waals surface area contributed by atoms with Crippen molar-refractivity contribution in [3.05, 3.63) is 0 Å². The second kappa shape index (κ2) is 6.46. The van der Waals surface area contributed by atoms with Crippen LogP contribution in [-0.2, 0) is 9.53 Å². The number of nitrogens with two attached hydrogens (primary N) is 1. The molecule has 1 aliphatic carbocycles. The number of carbonyl (C=O) groups excluding carboxylic acids is 1. The van der Waals surface area contributed by atoms with Crippen LogP contribution < -0.4 is 11.1 Å². The molecule has 5 nitrogen and oxygen atoms in total. The molecule has 2 saturated heterocycles. The Morgan fingerprint density at radius 1 is 1.23 bits per heavy atom. The number of piperazine rings is 1. The lowest BCUT2D eigenvalue weighted by Gasteiger charge is -2.61. The monoisotopic (exact) mass is 309 g/mol. The maximum atomic E-state index is 12.5. The van der Waals surface area contributed by atoms with Crippen molar-refractivity contribution < 1.29 is 9.53 Å². The maximum Gasteiger partial charge on any atom is 0.225 e. The summed E-state index contributed by atoms with van der Waals surface area (Å²) in [7, 11) is 0. The number of amides is 1. The van der Waals surface area contributed by atoms with Gasteiger partial charge < -0.3 is 15.8 Å². The minimum absolute atomic E-state index is 0.112. The van der Waals surface area contributed by atoms with Crippen LogP contribution in [-0.4, -0.2) is 55.7 Å². The number of rotatable bonds is 3. The zero-order valence-corrected chi connectivity index (χ0v) is 13.9. The predicted molar refractivity (Wildman–Crippen MR) is 86.5 cm³/mol. The normalized spacial score (nSPS) is 41.2. The third-order valence-electron chi connectivity index (χ3n) is 6.50. The highest BCUT2D eigenvalue weighted by molar-refractivity contribution is 5.82. The summed E-state index contributed by atoms with van der Waals surface area (Å²) in [6.07, 6.45) is 6.58. The van der Waals surface area contributed by atoms with Crippen molar-refractivity contribution in [1.29, 1.82) is 0 Å². The number of ether oxygens (including phenoxy) is 1. The van der Waals surface area contributed by atoms with Crippen LogP contribution in [0.15, 0.2) is 0 Å². The van der Waals surface area contributed by atoms with E-state index in [4.69, 9.17) is 10.5 Å². The molecule has 126 valence electrons.